The van der Waals surface area contributed by atoms with Gasteiger partial charge in [-0.15, -0.1) is 0 Å². The van der Waals surface area contributed by atoms with Gasteiger partial charge in [-0.25, -0.2) is 4.39 Å². The SMILES string of the molecule is CC(N)Cc1c(F)cccc1N1CCS(=O)CC1. The van der Waals surface area contributed by atoms with Crippen LogP contribution in [0.5, 0.6) is 0 Å². The Morgan fingerprint density at radius 2 is 2.11 bits per heavy atom. The normalized spacial score (nSPS) is 18.9. The van der Waals surface area contributed by atoms with Crippen molar-refractivity contribution in [1.82, 2.24) is 0 Å². The molecule has 0 spiro atoms. The van der Waals surface area contributed by atoms with Crippen molar-refractivity contribution in [3.05, 3.63) is 29.6 Å². The molecule has 0 amide bonds. The topological polar surface area (TPSA) is 46.3 Å². The number of halogens is 1. The molecule has 3 nitrogen and oxygen atoms in total. The van der Waals surface area contributed by atoms with E-state index in [9.17, 15) is 8.60 Å². The summed E-state index contributed by atoms with van der Waals surface area (Å²) in [5.41, 5.74) is 7.37. The average Bonchev–Trinajstić information content (AvgIpc) is 2.32. The van der Waals surface area contributed by atoms with E-state index in [1.54, 1.807) is 6.07 Å². The molecule has 2 N–H and O–H groups in total. The molecule has 0 aliphatic carbocycles. The highest BCUT2D eigenvalue weighted by atomic mass is 32.2. The van der Waals surface area contributed by atoms with Crippen LogP contribution in [0.1, 0.15) is 12.5 Å². The lowest BCUT2D eigenvalue weighted by atomic mass is 10.0. The number of anilines is 1. The van der Waals surface area contributed by atoms with E-state index in [2.05, 4.69) is 4.90 Å². The molecule has 1 aliphatic rings. The summed E-state index contributed by atoms with van der Waals surface area (Å²) < 4.78 is 25.3. The standard InChI is InChI=1S/C13H19FN2OS/c1-10(15)9-11-12(14)3-2-4-13(11)16-5-7-18(17)8-6-16/h2-4,10H,5-9,15H2,1H3. The molecule has 18 heavy (non-hydrogen) atoms. The van der Waals surface area contributed by atoms with Gasteiger partial charge in [0.2, 0.25) is 0 Å². The van der Waals surface area contributed by atoms with Crippen molar-refractivity contribution in [3.63, 3.8) is 0 Å². The third kappa shape index (κ3) is 3.09. The Labute approximate surface area is 110 Å². The summed E-state index contributed by atoms with van der Waals surface area (Å²) >= 11 is 0. The Morgan fingerprint density at radius 3 is 2.72 bits per heavy atom. The first-order chi connectivity index (χ1) is 8.58. The fraction of sp³-hybridized carbons (Fsp3) is 0.538. The first-order valence-corrected chi connectivity index (χ1v) is 7.69. The number of nitrogens with two attached hydrogens (primary N) is 1. The van der Waals surface area contributed by atoms with Gasteiger partial charge >= 0.3 is 0 Å². The van der Waals surface area contributed by atoms with Crippen LogP contribution in [0.3, 0.4) is 0 Å². The summed E-state index contributed by atoms with van der Waals surface area (Å²) in [6.45, 7) is 3.32. The molecule has 1 atom stereocenters. The predicted octanol–water partition coefficient (Wildman–Crippen LogP) is 1.28. The van der Waals surface area contributed by atoms with E-state index in [4.69, 9.17) is 5.73 Å². The number of nitrogens with zero attached hydrogens (tertiary/aromatic N) is 1. The molecule has 0 bridgehead atoms. The third-order valence-electron chi connectivity index (χ3n) is 3.14. The van der Waals surface area contributed by atoms with Crippen LogP contribution in [-0.2, 0) is 17.2 Å². The summed E-state index contributed by atoms with van der Waals surface area (Å²) in [7, 11) is -0.717. The fourth-order valence-corrected chi connectivity index (χ4v) is 3.30. The van der Waals surface area contributed by atoms with Crippen molar-refractivity contribution in [3.8, 4) is 0 Å². The van der Waals surface area contributed by atoms with Crippen LogP contribution in [0.25, 0.3) is 0 Å². The minimum Gasteiger partial charge on any atom is -0.369 e. The Balaban J connectivity index is 2.26. The maximum Gasteiger partial charge on any atom is 0.128 e. The first-order valence-electron chi connectivity index (χ1n) is 6.21. The van der Waals surface area contributed by atoms with Crippen LogP contribution in [0, 0.1) is 5.82 Å². The molecule has 1 unspecified atom stereocenters. The molecule has 100 valence electrons. The molecule has 5 heteroatoms. The highest BCUT2D eigenvalue weighted by Crippen LogP contribution is 2.25. The third-order valence-corrected chi connectivity index (χ3v) is 4.41. The molecule has 1 aliphatic heterocycles. The second-order valence-electron chi connectivity index (χ2n) is 4.75. The molecule has 2 rings (SSSR count). The molecule has 1 aromatic carbocycles. The molecule has 0 saturated carbocycles. The lowest BCUT2D eigenvalue weighted by molar-refractivity contribution is 0.594. The molecule has 1 heterocycles. The quantitative estimate of drug-likeness (QED) is 0.900. The van der Waals surface area contributed by atoms with Gasteiger partial charge in [-0.05, 0) is 25.5 Å². The average molecular weight is 270 g/mol. The number of benzene rings is 1. The summed E-state index contributed by atoms with van der Waals surface area (Å²) in [5, 5.41) is 0. The highest BCUT2D eigenvalue weighted by molar-refractivity contribution is 7.85. The van der Waals surface area contributed by atoms with Gasteiger partial charge < -0.3 is 10.6 Å². The van der Waals surface area contributed by atoms with Crippen molar-refractivity contribution in [1.29, 1.82) is 0 Å². The van der Waals surface area contributed by atoms with Gasteiger partial charge in [0, 0.05) is 52.7 Å². The van der Waals surface area contributed by atoms with Gasteiger partial charge in [0.05, 0.1) is 0 Å². The van der Waals surface area contributed by atoms with E-state index in [1.165, 1.54) is 6.07 Å². The van der Waals surface area contributed by atoms with E-state index in [0.29, 0.717) is 23.5 Å². The zero-order chi connectivity index (χ0) is 13.1. The van der Waals surface area contributed by atoms with Gasteiger partial charge in [0.1, 0.15) is 5.82 Å². The zero-order valence-corrected chi connectivity index (χ0v) is 11.4. The van der Waals surface area contributed by atoms with Gasteiger partial charge in [-0.2, -0.15) is 0 Å². The number of hydrogen-bond donors (Lipinski definition) is 1. The molecule has 0 aromatic heterocycles. The summed E-state index contributed by atoms with van der Waals surface area (Å²) in [4.78, 5) is 2.11. The smallest absolute Gasteiger partial charge is 0.128 e. The van der Waals surface area contributed by atoms with Crippen molar-refractivity contribution < 1.29 is 8.60 Å². The van der Waals surface area contributed by atoms with Crippen LogP contribution in [0.2, 0.25) is 0 Å². The summed E-state index contributed by atoms with van der Waals surface area (Å²) in [5.74, 6) is 1.12. The maximum atomic E-state index is 13.9. The van der Waals surface area contributed by atoms with Crippen molar-refractivity contribution in [2.75, 3.05) is 29.5 Å². The zero-order valence-electron chi connectivity index (χ0n) is 10.6. The van der Waals surface area contributed by atoms with Gasteiger partial charge in [-0.1, -0.05) is 6.07 Å². The fourth-order valence-electron chi connectivity index (χ4n) is 2.25. The molecule has 0 radical (unpaired) electrons. The van der Waals surface area contributed by atoms with E-state index in [0.717, 1.165) is 18.8 Å². The highest BCUT2D eigenvalue weighted by Gasteiger charge is 2.20. The minimum atomic E-state index is -0.717. The largest absolute Gasteiger partial charge is 0.369 e. The van der Waals surface area contributed by atoms with E-state index in [-0.39, 0.29) is 11.9 Å². The van der Waals surface area contributed by atoms with Crippen LogP contribution in [0.4, 0.5) is 10.1 Å². The lowest BCUT2D eigenvalue weighted by Crippen LogP contribution is -2.38. The second-order valence-corrected chi connectivity index (χ2v) is 6.45. The van der Waals surface area contributed by atoms with Crippen LogP contribution < -0.4 is 10.6 Å². The van der Waals surface area contributed by atoms with E-state index in [1.807, 2.05) is 13.0 Å². The summed E-state index contributed by atoms with van der Waals surface area (Å²) in [6.07, 6.45) is 0.529. The molecular formula is C13H19FN2OS. The molecular weight excluding hydrogens is 251 g/mol. The van der Waals surface area contributed by atoms with Gasteiger partial charge in [-0.3, -0.25) is 4.21 Å². The van der Waals surface area contributed by atoms with Crippen LogP contribution in [-0.4, -0.2) is 34.8 Å². The van der Waals surface area contributed by atoms with Crippen molar-refractivity contribution >= 4 is 16.5 Å². The second kappa shape index (κ2) is 5.80. The monoisotopic (exact) mass is 270 g/mol. The van der Waals surface area contributed by atoms with E-state index < -0.39 is 10.8 Å². The summed E-state index contributed by atoms with van der Waals surface area (Å²) in [6, 6.07) is 5.05. The maximum absolute atomic E-state index is 13.9. The predicted molar refractivity (Wildman–Crippen MR) is 73.8 cm³/mol. The van der Waals surface area contributed by atoms with Crippen molar-refractivity contribution in [2.45, 2.75) is 19.4 Å². The molecule has 1 aromatic rings. The first kappa shape index (κ1) is 13.5. The Kier molecular flexibility index (Phi) is 4.35. The number of rotatable bonds is 3. The Bertz CT molecular complexity index is 441. The lowest BCUT2D eigenvalue weighted by Gasteiger charge is -2.30. The van der Waals surface area contributed by atoms with Crippen LogP contribution >= 0.6 is 0 Å². The van der Waals surface area contributed by atoms with E-state index >= 15 is 0 Å². The molecule has 1 saturated heterocycles. The van der Waals surface area contributed by atoms with Crippen molar-refractivity contribution in [2.24, 2.45) is 5.73 Å². The minimum absolute atomic E-state index is 0.0698. The Morgan fingerprint density at radius 1 is 1.44 bits per heavy atom. The van der Waals surface area contributed by atoms with Gasteiger partial charge in [0.25, 0.3) is 0 Å². The number of hydrogen-bond acceptors (Lipinski definition) is 3. The van der Waals surface area contributed by atoms with Crippen LogP contribution in [0.15, 0.2) is 18.2 Å². The van der Waals surface area contributed by atoms with Gasteiger partial charge in [0.15, 0.2) is 0 Å². The molecule has 1 fully saturated rings. The Hall–Kier alpha value is -0.940.